The van der Waals surface area contributed by atoms with Crippen molar-refractivity contribution in [1.82, 2.24) is 25.2 Å². The highest BCUT2D eigenvalue weighted by atomic mass is 32.1. The molecule has 1 aliphatic carbocycles. The van der Waals surface area contributed by atoms with Crippen molar-refractivity contribution < 1.29 is 13.6 Å². The third-order valence-corrected chi connectivity index (χ3v) is 6.41. The van der Waals surface area contributed by atoms with Crippen LogP contribution in [0.4, 0.5) is 13.9 Å². The SMILES string of the molecule is O=C(CC1(Cn2cnnn2)CCCCC1)Nc1ncc(Cc2ccc(F)c(F)c2)s1. The monoisotopic (exact) mass is 432 g/mol. The molecule has 3 aromatic rings. The zero-order chi connectivity index (χ0) is 21.0. The molecule has 1 saturated carbocycles. The van der Waals surface area contributed by atoms with E-state index in [1.165, 1.54) is 23.8 Å². The molecular formula is C20H22F2N6OS. The zero-order valence-corrected chi connectivity index (χ0v) is 17.2. The highest BCUT2D eigenvalue weighted by Gasteiger charge is 2.35. The van der Waals surface area contributed by atoms with Gasteiger partial charge in [-0.2, -0.15) is 0 Å². The van der Waals surface area contributed by atoms with Gasteiger partial charge in [0.1, 0.15) is 6.33 Å². The lowest BCUT2D eigenvalue weighted by atomic mass is 9.71. The quantitative estimate of drug-likeness (QED) is 0.610. The molecule has 7 nitrogen and oxygen atoms in total. The Kier molecular flexibility index (Phi) is 6.12. The van der Waals surface area contributed by atoms with Crippen LogP contribution in [0.5, 0.6) is 0 Å². The highest BCUT2D eigenvalue weighted by molar-refractivity contribution is 7.15. The Balaban J connectivity index is 1.38. The van der Waals surface area contributed by atoms with Crippen LogP contribution in [0.25, 0.3) is 0 Å². The van der Waals surface area contributed by atoms with Crippen LogP contribution in [0.2, 0.25) is 0 Å². The minimum Gasteiger partial charge on any atom is -0.302 e. The lowest BCUT2D eigenvalue weighted by Gasteiger charge is -2.36. The minimum absolute atomic E-state index is 0.0845. The lowest BCUT2D eigenvalue weighted by Crippen LogP contribution is -2.34. The lowest BCUT2D eigenvalue weighted by molar-refractivity contribution is -0.119. The molecule has 30 heavy (non-hydrogen) atoms. The van der Waals surface area contributed by atoms with Crippen LogP contribution >= 0.6 is 11.3 Å². The van der Waals surface area contributed by atoms with E-state index in [4.69, 9.17) is 0 Å². The van der Waals surface area contributed by atoms with Crippen LogP contribution in [-0.2, 0) is 17.8 Å². The van der Waals surface area contributed by atoms with E-state index in [2.05, 4.69) is 25.8 Å². The number of amides is 1. The van der Waals surface area contributed by atoms with E-state index < -0.39 is 11.6 Å². The second-order valence-electron chi connectivity index (χ2n) is 7.85. The first-order valence-corrected chi connectivity index (χ1v) is 10.7. The van der Waals surface area contributed by atoms with Crippen LogP contribution in [0, 0.1) is 17.0 Å². The Labute approximate surface area is 176 Å². The fraction of sp³-hybridized carbons (Fsp3) is 0.450. The summed E-state index contributed by atoms with van der Waals surface area (Å²) in [6.07, 6.45) is 9.31. The van der Waals surface area contributed by atoms with Crippen molar-refractivity contribution in [2.45, 2.75) is 51.5 Å². The van der Waals surface area contributed by atoms with Gasteiger partial charge in [-0.15, -0.1) is 16.4 Å². The summed E-state index contributed by atoms with van der Waals surface area (Å²) in [7, 11) is 0. The molecule has 0 bridgehead atoms. The molecule has 1 fully saturated rings. The maximum absolute atomic E-state index is 13.4. The first-order valence-electron chi connectivity index (χ1n) is 9.91. The second-order valence-corrected chi connectivity index (χ2v) is 8.97. The average molecular weight is 433 g/mol. The Hall–Kier alpha value is -2.75. The fourth-order valence-corrected chi connectivity index (χ4v) is 4.95. The van der Waals surface area contributed by atoms with Crippen LogP contribution < -0.4 is 5.32 Å². The number of tetrazole rings is 1. The van der Waals surface area contributed by atoms with E-state index in [1.807, 2.05) is 0 Å². The first-order chi connectivity index (χ1) is 14.5. The summed E-state index contributed by atoms with van der Waals surface area (Å²) in [5, 5.41) is 14.7. The molecule has 158 valence electrons. The summed E-state index contributed by atoms with van der Waals surface area (Å²) in [5.74, 6) is -1.82. The number of thiazole rings is 1. The van der Waals surface area contributed by atoms with E-state index in [0.717, 1.165) is 36.6 Å². The standard InChI is InChI=1S/C20H22F2N6OS/c21-16-5-4-14(9-17(16)22)8-15-11-23-19(30-15)25-18(29)10-20(6-2-1-3-7-20)12-28-13-24-26-27-28/h4-5,9,11,13H,1-3,6-8,10,12H2,(H,23,25,29). The van der Waals surface area contributed by atoms with E-state index >= 15 is 0 Å². The van der Waals surface area contributed by atoms with Gasteiger partial charge in [-0.3, -0.25) is 4.79 Å². The van der Waals surface area contributed by atoms with E-state index in [1.54, 1.807) is 23.3 Å². The topological polar surface area (TPSA) is 85.6 Å². The molecule has 0 atom stereocenters. The number of hydrogen-bond donors (Lipinski definition) is 1. The highest BCUT2D eigenvalue weighted by Crippen LogP contribution is 2.41. The number of nitrogens with one attached hydrogen (secondary N) is 1. The maximum Gasteiger partial charge on any atom is 0.226 e. The number of benzene rings is 1. The first kappa shape index (κ1) is 20.5. The van der Waals surface area contributed by atoms with Crippen LogP contribution in [0.15, 0.2) is 30.7 Å². The fourth-order valence-electron chi connectivity index (χ4n) is 4.09. The van der Waals surface area contributed by atoms with Crippen molar-refractivity contribution in [3.63, 3.8) is 0 Å². The molecule has 2 aromatic heterocycles. The van der Waals surface area contributed by atoms with E-state index in [0.29, 0.717) is 30.1 Å². The second kappa shape index (κ2) is 8.95. The Morgan fingerprint density at radius 3 is 2.77 bits per heavy atom. The summed E-state index contributed by atoms with van der Waals surface area (Å²) in [6.45, 7) is 0.618. The zero-order valence-electron chi connectivity index (χ0n) is 16.4. The molecule has 1 N–H and O–H groups in total. The van der Waals surface area contributed by atoms with Crippen molar-refractivity contribution in [1.29, 1.82) is 0 Å². The number of aromatic nitrogens is 5. The van der Waals surface area contributed by atoms with Crippen LogP contribution in [0.1, 0.15) is 49.0 Å². The van der Waals surface area contributed by atoms with Gasteiger partial charge in [-0.1, -0.05) is 25.3 Å². The molecule has 4 rings (SSSR count). The molecule has 1 aromatic carbocycles. The number of carbonyl (C=O) groups excluding carboxylic acids is 1. The van der Waals surface area contributed by atoms with Gasteiger partial charge in [0, 0.05) is 23.9 Å². The predicted molar refractivity (Wildman–Crippen MR) is 108 cm³/mol. The molecule has 10 heteroatoms. The van der Waals surface area contributed by atoms with E-state index in [-0.39, 0.29) is 11.3 Å². The average Bonchev–Trinajstić information content (AvgIpc) is 3.37. The number of carbonyl (C=O) groups is 1. The number of anilines is 1. The number of nitrogens with zero attached hydrogens (tertiary/aromatic N) is 5. The van der Waals surface area contributed by atoms with Crippen molar-refractivity contribution >= 4 is 22.4 Å². The van der Waals surface area contributed by atoms with Crippen molar-refractivity contribution in [2.24, 2.45) is 5.41 Å². The van der Waals surface area contributed by atoms with Gasteiger partial charge >= 0.3 is 0 Å². The van der Waals surface area contributed by atoms with Gasteiger partial charge in [-0.05, 0) is 46.4 Å². The third-order valence-electron chi connectivity index (χ3n) is 5.50. The largest absolute Gasteiger partial charge is 0.302 e. The van der Waals surface area contributed by atoms with Gasteiger partial charge in [0.05, 0.1) is 6.54 Å². The van der Waals surface area contributed by atoms with Gasteiger partial charge in [0.2, 0.25) is 5.91 Å². The molecule has 0 spiro atoms. The van der Waals surface area contributed by atoms with Gasteiger partial charge in [0.25, 0.3) is 0 Å². The number of halogens is 2. The molecule has 1 aliphatic rings. The molecule has 0 saturated heterocycles. The van der Waals surface area contributed by atoms with Crippen molar-refractivity contribution in [2.75, 3.05) is 5.32 Å². The normalized spacial score (nSPS) is 15.8. The number of rotatable bonds is 7. The van der Waals surface area contributed by atoms with Crippen LogP contribution in [0.3, 0.4) is 0 Å². The molecule has 2 heterocycles. The summed E-state index contributed by atoms with van der Waals surface area (Å²) >= 11 is 1.34. The van der Waals surface area contributed by atoms with Crippen LogP contribution in [-0.4, -0.2) is 31.1 Å². The van der Waals surface area contributed by atoms with Crippen molar-refractivity contribution in [3.05, 3.63) is 52.8 Å². The summed E-state index contributed by atoms with van der Waals surface area (Å²) in [5.41, 5.74) is 0.488. The molecule has 0 unspecified atom stereocenters. The summed E-state index contributed by atoms with van der Waals surface area (Å²) < 4.78 is 28.2. The van der Waals surface area contributed by atoms with E-state index in [9.17, 15) is 13.6 Å². The van der Waals surface area contributed by atoms with Gasteiger partial charge in [0.15, 0.2) is 16.8 Å². The molecule has 0 radical (unpaired) electrons. The van der Waals surface area contributed by atoms with Gasteiger partial charge in [-0.25, -0.2) is 18.4 Å². The maximum atomic E-state index is 13.4. The summed E-state index contributed by atoms with van der Waals surface area (Å²) in [4.78, 5) is 17.9. The Morgan fingerprint density at radius 2 is 2.03 bits per heavy atom. The van der Waals surface area contributed by atoms with Crippen molar-refractivity contribution in [3.8, 4) is 0 Å². The smallest absolute Gasteiger partial charge is 0.226 e. The number of hydrogen-bond acceptors (Lipinski definition) is 6. The summed E-state index contributed by atoms with van der Waals surface area (Å²) in [6, 6.07) is 3.84. The Morgan fingerprint density at radius 1 is 1.20 bits per heavy atom. The molecule has 0 aliphatic heterocycles. The minimum atomic E-state index is -0.870. The molecular weight excluding hydrogens is 410 g/mol. The Bertz CT molecular complexity index is 1000. The molecule has 1 amide bonds. The predicted octanol–water partition coefficient (Wildman–Crippen LogP) is 3.98. The van der Waals surface area contributed by atoms with Gasteiger partial charge < -0.3 is 5.32 Å². The third kappa shape index (κ3) is 5.05.